The van der Waals surface area contributed by atoms with Crippen LogP contribution in [0.2, 0.25) is 18.1 Å². The predicted molar refractivity (Wildman–Crippen MR) is 292 cm³/mol. The van der Waals surface area contributed by atoms with Crippen LogP contribution in [-0.2, 0) is 20.5 Å². The SMILES string of the molecule is C=CCOC(=O)N1c2cc(OCCCOc3cc4c(cc3OC)C(=O)N3C=C(c5ccc(F)cc5)C[C@H]3[C@H](C)N4C(=O)OCc3ccccc3)c(C)cc2C(=O)N2C=C(c3ccc(F)cc3)C[C@H]2[C@@H]1O[Si](C)(C)C(C)(C)C. The van der Waals surface area contributed by atoms with E-state index in [2.05, 4.69) is 40.4 Å². The summed E-state index contributed by atoms with van der Waals surface area (Å²) in [4.78, 5) is 64.5. The molecule has 0 spiro atoms. The monoisotopic (exact) mass is 1070 g/mol. The van der Waals surface area contributed by atoms with Crippen molar-refractivity contribution in [1.29, 1.82) is 0 Å². The Bertz CT molecular complexity index is 3140. The number of rotatable bonds is 15. The van der Waals surface area contributed by atoms with Crippen LogP contribution in [-0.4, -0.2) is 93.4 Å². The van der Waals surface area contributed by atoms with Gasteiger partial charge in [-0.2, -0.15) is 0 Å². The minimum atomic E-state index is -2.69. The van der Waals surface area contributed by atoms with Gasteiger partial charge in [-0.1, -0.05) is 88.0 Å². The molecule has 0 aromatic heterocycles. The summed E-state index contributed by atoms with van der Waals surface area (Å²) < 4.78 is 65.5. The van der Waals surface area contributed by atoms with Gasteiger partial charge in [-0.25, -0.2) is 23.3 Å². The molecule has 5 aromatic rings. The first-order valence-corrected chi connectivity index (χ1v) is 28.6. The largest absolute Gasteiger partial charge is 0.493 e. The zero-order valence-electron chi connectivity index (χ0n) is 44.6. The van der Waals surface area contributed by atoms with Gasteiger partial charge in [-0.15, -0.1) is 0 Å². The van der Waals surface area contributed by atoms with Crippen molar-refractivity contribution >= 4 is 54.8 Å². The third-order valence-electron chi connectivity index (χ3n) is 15.1. The van der Waals surface area contributed by atoms with Gasteiger partial charge in [-0.05, 0) is 115 Å². The van der Waals surface area contributed by atoms with Crippen LogP contribution in [0.25, 0.3) is 11.1 Å². The van der Waals surface area contributed by atoms with E-state index in [4.69, 9.17) is 28.1 Å². The number of benzene rings is 5. The minimum Gasteiger partial charge on any atom is -0.493 e. The number of aryl methyl sites for hydroxylation is 1. The van der Waals surface area contributed by atoms with Gasteiger partial charge < -0.3 is 37.9 Å². The van der Waals surface area contributed by atoms with Crippen LogP contribution >= 0.6 is 0 Å². The Kier molecular flexibility index (Phi) is 15.5. The standard InChI is InChI=1S/C60H64F2N4O10Si/c1-10-25-74-59(70)66-50-32-52(37(2)28-46(50)55(67)64-35-43(41-19-23-45(62)24-20-41)30-51(64)57(66)76-77(8,9)60(4,5)6)72-26-14-27-73-54-33-49-47(31-53(54)71-7)56(68)63-34-42(40-17-21-44(61)22-18-40)29-48(63)38(3)65(49)58(69)75-36-39-15-12-11-13-16-39/h10-13,15-24,28,31-35,38,48,51,57H,1,14,25-27,29-30,36H2,2-9H3/t38-,48-,51-,57-/m0/s1. The molecule has 0 saturated heterocycles. The van der Waals surface area contributed by atoms with E-state index in [1.807, 2.05) is 44.2 Å². The molecule has 0 aliphatic carbocycles. The van der Waals surface area contributed by atoms with Crippen LogP contribution in [0.1, 0.15) is 89.9 Å². The fourth-order valence-corrected chi connectivity index (χ4v) is 11.1. The molecule has 0 unspecified atom stereocenters. The predicted octanol–water partition coefficient (Wildman–Crippen LogP) is 12.7. The van der Waals surface area contributed by atoms with Gasteiger partial charge >= 0.3 is 12.2 Å². The number of ether oxygens (including phenoxy) is 5. The lowest BCUT2D eigenvalue weighted by Crippen LogP contribution is -2.57. The highest BCUT2D eigenvalue weighted by atomic mass is 28.4. The van der Waals surface area contributed by atoms with E-state index in [9.17, 15) is 28.0 Å². The second-order valence-electron chi connectivity index (χ2n) is 21.2. The van der Waals surface area contributed by atoms with Crippen LogP contribution in [0.3, 0.4) is 0 Å². The molecule has 0 bridgehead atoms. The molecular formula is C60H64F2N4O10Si. The highest BCUT2D eigenvalue weighted by molar-refractivity contribution is 6.74. The maximum absolute atomic E-state index is 14.9. The molecule has 0 radical (unpaired) electrons. The van der Waals surface area contributed by atoms with Gasteiger partial charge in [0.25, 0.3) is 11.8 Å². The number of methoxy groups -OCH3 is 1. The van der Waals surface area contributed by atoms with Crippen molar-refractivity contribution in [3.8, 4) is 17.2 Å². The first kappa shape index (κ1) is 54.0. The first-order valence-electron chi connectivity index (χ1n) is 25.7. The summed E-state index contributed by atoms with van der Waals surface area (Å²) in [5.74, 6) is -0.530. The molecular weight excluding hydrogens is 1000 g/mol. The summed E-state index contributed by atoms with van der Waals surface area (Å²) in [6.07, 6.45) is 3.66. The molecule has 4 heterocycles. The average molecular weight is 1070 g/mol. The lowest BCUT2D eigenvalue weighted by Gasteiger charge is -2.44. The molecule has 17 heteroatoms. The van der Waals surface area contributed by atoms with E-state index in [-0.39, 0.29) is 88.9 Å². The zero-order valence-corrected chi connectivity index (χ0v) is 45.6. The Morgan fingerprint density at radius 3 is 1.83 bits per heavy atom. The second-order valence-corrected chi connectivity index (χ2v) is 25.9. The summed E-state index contributed by atoms with van der Waals surface area (Å²) in [6.45, 7) is 18.0. The Balaban J connectivity index is 0.989. The number of fused-ring (bicyclic) bond motifs is 4. The summed E-state index contributed by atoms with van der Waals surface area (Å²) in [5.41, 5.74) is 5.50. The molecule has 77 heavy (non-hydrogen) atoms. The number of halogens is 2. The molecule has 0 N–H and O–H groups in total. The Morgan fingerprint density at radius 1 is 0.714 bits per heavy atom. The van der Waals surface area contributed by atoms with Crippen molar-refractivity contribution < 1.29 is 56.1 Å². The number of carbonyl (C=O) groups is 4. The normalized spacial score (nSPS) is 19.0. The Hall–Kier alpha value is -7.76. The van der Waals surface area contributed by atoms with E-state index in [1.165, 1.54) is 47.3 Å². The van der Waals surface area contributed by atoms with E-state index < -0.39 is 44.9 Å². The molecule has 0 fully saturated rings. The van der Waals surface area contributed by atoms with Gasteiger partial charge in [0.1, 0.15) is 30.6 Å². The van der Waals surface area contributed by atoms with Crippen LogP contribution < -0.4 is 24.0 Å². The van der Waals surface area contributed by atoms with E-state index in [0.29, 0.717) is 30.6 Å². The average Bonchev–Trinajstić information content (AvgIpc) is 4.16. The highest BCUT2D eigenvalue weighted by Crippen LogP contribution is 2.47. The molecule has 5 aromatic carbocycles. The molecule has 9 rings (SSSR count). The van der Waals surface area contributed by atoms with Crippen LogP contribution in [0.5, 0.6) is 17.2 Å². The van der Waals surface area contributed by atoms with Gasteiger partial charge in [0.05, 0.1) is 61.0 Å². The Labute approximate surface area is 449 Å². The lowest BCUT2D eigenvalue weighted by molar-refractivity contribution is 0.0590. The van der Waals surface area contributed by atoms with Gasteiger partial charge in [-0.3, -0.25) is 14.5 Å². The molecule has 4 amide bonds. The third kappa shape index (κ3) is 11.0. The Morgan fingerprint density at radius 2 is 1.25 bits per heavy atom. The quantitative estimate of drug-likeness (QED) is 0.0566. The smallest absolute Gasteiger partial charge is 0.416 e. The maximum atomic E-state index is 14.9. The number of amides is 4. The third-order valence-corrected chi connectivity index (χ3v) is 19.6. The molecule has 4 aliphatic heterocycles. The van der Waals surface area contributed by atoms with Crippen molar-refractivity contribution in [3.05, 3.63) is 173 Å². The number of nitrogens with zero attached hydrogens (tertiary/aromatic N) is 4. The fraction of sp³-hybridized carbons (Fsp3) is 0.333. The number of anilines is 2. The second kappa shape index (κ2) is 22.1. The van der Waals surface area contributed by atoms with Crippen molar-refractivity contribution in [3.63, 3.8) is 0 Å². The van der Waals surface area contributed by atoms with E-state index in [0.717, 1.165) is 27.8 Å². The number of carbonyl (C=O) groups excluding carboxylic acids is 4. The van der Waals surface area contributed by atoms with Crippen LogP contribution in [0, 0.1) is 18.6 Å². The molecule has 402 valence electrons. The van der Waals surface area contributed by atoms with Gasteiger partial charge in [0, 0.05) is 31.0 Å². The zero-order chi connectivity index (χ0) is 54.9. The minimum absolute atomic E-state index is 0.00211. The molecule has 4 aliphatic rings. The molecule has 4 atom stereocenters. The summed E-state index contributed by atoms with van der Waals surface area (Å²) >= 11 is 0. The topological polar surface area (TPSA) is 137 Å². The van der Waals surface area contributed by atoms with E-state index >= 15 is 0 Å². The van der Waals surface area contributed by atoms with Crippen LogP contribution in [0.15, 0.2) is 128 Å². The lowest BCUT2D eigenvalue weighted by atomic mass is 9.98. The fourth-order valence-electron chi connectivity index (χ4n) is 9.92. The summed E-state index contributed by atoms with van der Waals surface area (Å²) in [6, 6.07) is 26.3. The molecule has 0 saturated carbocycles. The van der Waals surface area contributed by atoms with E-state index in [1.54, 1.807) is 70.7 Å². The van der Waals surface area contributed by atoms with Crippen molar-refractivity contribution in [1.82, 2.24) is 9.80 Å². The molecule has 14 nitrogen and oxygen atoms in total. The van der Waals surface area contributed by atoms with Crippen molar-refractivity contribution in [2.75, 3.05) is 36.7 Å². The number of hydrogen-bond acceptors (Lipinski definition) is 10. The van der Waals surface area contributed by atoms with Crippen LogP contribution in [0.4, 0.5) is 29.7 Å². The van der Waals surface area contributed by atoms with Gasteiger partial charge in [0.15, 0.2) is 26.0 Å². The van der Waals surface area contributed by atoms with Gasteiger partial charge in [0.2, 0.25) is 0 Å². The highest BCUT2D eigenvalue weighted by Gasteiger charge is 2.51. The number of hydrogen-bond donors (Lipinski definition) is 0. The summed E-state index contributed by atoms with van der Waals surface area (Å²) in [7, 11) is -1.23. The summed E-state index contributed by atoms with van der Waals surface area (Å²) in [5, 5.41) is -0.290. The van der Waals surface area contributed by atoms with Crippen molar-refractivity contribution in [2.24, 2.45) is 0 Å². The van der Waals surface area contributed by atoms with Crippen molar-refractivity contribution in [2.45, 2.75) is 103 Å². The first-order chi connectivity index (χ1) is 36.8. The maximum Gasteiger partial charge on any atom is 0.416 e.